The van der Waals surface area contributed by atoms with Crippen molar-refractivity contribution in [2.75, 3.05) is 19.5 Å². The van der Waals surface area contributed by atoms with Crippen molar-refractivity contribution in [3.8, 4) is 17.6 Å². The Hall–Kier alpha value is -3.39. The van der Waals surface area contributed by atoms with E-state index in [2.05, 4.69) is 38.2 Å². The number of nitrogens with zero attached hydrogens (tertiary/aromatic N) is 1. The van der Waals surface area contributed by atoms with Gasteiger partial charge in [0.15, 0.2) is 11.3 Å². The molecule has 1 heterocycles. The molecule has 1 aromatic heterocycles. The normalized spacial score (nSPS) is 11.9. The number of nitriles is 1. The Balaban J connectivity index is 2.02. The Bertz CT molecular complexity index is 1080. The lowest BCUT2D eigenvalue weighted by molar-refractivity contribution is 0.345. The molecule has 5 nitrogen and oxygen atoms in total. The van der Waals surface area contributed by atoms with Gasteiger partial charge < -0.3 is 19.2 Å². The number of anilines is 1. The van der Waals surface area contributed by atoms with E-state index in [4.69, 9.17) is 13.9 Å². The number of hydrogen-bond donors (Lipinski definition) is 1. The fourth-order valence-electron chi connectivity index (χ4n) is 3.40. The van der Waals surface area contributed by atoms with E-state index in [-0.39, 0.29) is 5.41 Å². The summed E-state index contributed by atoms with van der Waals surface area (Å²) in [6.45, 7) is 6.51. The van der Waals surface area contributed by atoms with Gasteiger partial charge in [0.1, 0.15) is 5.76 Å². The second-order valence-corrected chi connectivity index (χ2v) is 8.43. The second kappa shape index (κ2) is 8.96. The molecule has 0 amide bonds. The topological polar surface area (TPSA) is 67.4 Å². The monoisotopic (exact) mass is 404 g/mol. The molecule has 30 heavy (non-hydrogen) atoms. The van der Waals surface area contributed by atoms with E-state index in [1.165, 1.54) is 0 Å². The lowest BCUT2D eigenvalue weighted by Gasteiger charge is -2.15. The van der Waals surface area contributed by atoms with Crippen LogP contribution in [0.1, 0.15) is 32.1 Å². The van der Waals surface area contributed by atoms with Crippen molar-refractivity contribution in [1.82, 2.24) is 0 Å². The maximum Gasteiger partial charge on any atom is 0.204 e. The van der Waals surface area contributed by atoms with Gasteiger partial charge in [0.2, 0.25) is 5.75 Å². The summed E-state index contributed by atoms with van der Waals surface area (Å²) in [5.41, 5.74) is 3.22. The van der Waals surface area contributed by atoms with Gasteiger partial charge in [-0.1, -0.05) is 39.0 Å². The van der Waals surface area contributed by atoms with Crippen LogP contribution in [0.4, 0.5) is 5.69 Å². The minimum absolute atomic E-state index is 0.0860. The molecule has 1 N–H and O–H groups in total. The lowest BCUT2D eigenvalue weighted by Crippen LogP contribution is -2.08. The molecule has 0 saturated carbocycles. The van der Waals surface area contributed by atoms with Crippen LogP contribution in [0.15, 0.2) is 58.7 Å². The first-order valence-corrected chi connectivity index (χ1v) is 9.91. The van der Waals surface area contributed by atoms with Crippen molar-refractivity contribution in [2.45, 2.75) is 33.6 Å². The summed E-state index contributed by atoms with van der Waals surface area (Å²) >= 11 is 0. The quantitative estimate of drug-likeness (QED) is 0.482. The molecule has 0 fully saturated rings. The first kappa shape index (κ1) is 21.3. The average Bonchev–Trinajstić information content (AvgIpc) is 3.13. The van der Waals surface area contributed by atoms with Gasteiger partial charge in [-0.2, -0.15) is 5.26 Å². The van der Waals surface area contributed by atoms with Crippen LogP contribution in [0.25, 0.3) is 11.0 Å². The van der Waals surface area contributed by atoms with Crippen molar-refractivity contribution in [3.63, 3.8) is 0 Å². The van der Waals surface area contributed by atoms with Gasteiger partial charge in [0.25, 0.3) is 0 Å². The molecule has 156 valence electrons. The van der Waals surface area contributed by atoms with Gasteiger partial charge in [0, 0.05) is 35.7 Å². The number of fused-ring (bicyclic) bond motifs is 1. The molecule has 0 aliphatic carbocycles. The Morgan fingerprint density at radius 2 is 1.87 bits per heavy atom. The number of para-hydroxylation sites is 1. The first-order chi connectivity index (χ1) is 14.3. The Morgan fingerprint density at radius 1 is 1.13 bits per heavy atom. The van der Waals surface area contributed by atoms with Gasteiger partial charge in [0.05, 0.1) is 20.3 Å². The summed E-state index contributed by atoms with van der Waals surface area (Å²) in [6.07, 6.45) is 2.98. The number of nitrogens with one attached hydrogen (secondary N) is 1. The minimum atomic E-state index is 0.0860. The summed E-state index contributed by atoms with van der Waals surface area (Å²) in [5.74, 6) is 2.04. The van der Waals surface area contributed by atoms with Gasteiger partial charge in [-0.25, -0.2) is 0 Å². The summed E-state index contributed by atoms with van der Waals surface area (Å²) < 4.78 is 17.3. The molecular weight excluding hydrogens is 376 g/mol. The predicted molar refractivity (Wildman–Crippen MR) is 120 cm³/mol. The third-order valence-corrected chi connectivity index (χ3v) is 4.70. The number of allylic oxidation sites excluding steroid dienone is 1. The Morgan fingerprint density at radius 3 is 2.47 bits per heavy atom. The fraction of sp³-hybridized carbons (Fsp3) is 0.320. The zero-order chi connectivity index (χ0) is 21.7. The smallest absolute Gasteiger partial charge is 0.204 e. The van der Waals surface area contributed by atoms with Crippen LogP contribution >= 0.6 is 0 Å². The van der Waals surface area contributed by atoms with E-state index in [1.807, 2.05) is 36.4 Å². The maximum absolute atomic E-state index is 9.69. The molecule has 3 aromatic rings. The van der Waals surface area contributed by atoms with E-state index >= 15 is 0 Å². The zero-order valence-corrected chi connectivity index (χ0v) is 18.2. The van der Waals surface area contributed by atoms with Crippen molar-refractivity contribution in [2.24, 2.45) is 5.41 Å². The number of hydrogen-bond acceptors (Lipinski definition) is 5. The highest BCUT2D eigenvalue weighted by Crippen LogP contribution is 2.41. The van der Waals surface area contributed by atoms with E-state index in [1.54, 1.807) is 20.4 Å². The number of ether oxygens (including phenoxy) is 2. The SMILES string of the molecule is COc1cc(CC(C#N)=CNc2ccccc2)c2cc(CC(C)(C)C)oc2c1OC. The van der Waals surface area contributed by atoms with E-state index in [9.17, 15) is 5.26 Å². The van der Waals surface area contributed by atoms with Gasteiger partial charge in [-0.05, 0) is 35.2 Å². The predicted octanol–water partition coefficient (Wildman–Crippen LogP) is 6.10. The highest BCUT2D eigenvalue weighted by molar-refractivity contribution is 5.90. The van der Waals surface area contributed by atoms with E-state index in [0.717, 1.165) is 28.8 Å². The largest absolute Gasteiger partial charge is 0.493 e. The van der Waals surface area contributed by atoms with Gasteiger partial charge in [-0.3, -0.25) is 0 Å². The second-order valence-electron chi connectivity index (χ2n) is 8.43. The zero-order valence-electron chi connectivity index (χ0n) is 18.2. The third kappa shape index (κ3) is 4.96. The summed E-state index contributed by atoms with van der Waals surface area (Å²) in [6, 6.07) is 16.0. The highest BCUT2D eigenvalue weighted by atomic mass is 16.5. The number of rotatable bonds is 7. The molecule has 0 aliphatic heterocycles. The molecule has 5 heteroatoms. The molecule has 3 rings (SSSR count). The van der Waals surface area contributed by atoms with Crippen LogP contribution in [-0.2, 0) is 12.8 Å². The molecular formula is C25H28N2O3. The molecule has 0 bridgehead atoms. The Kier molecular flexibility index (Phi) is 6.37. The van der Waals surface area contributed by atoms with Crippen LogP contribution in [0.3, 0.4) is 0 Å². The van der Waals surface area contributed by atoms with Crippen LogP contribution in [0.2, 0.25) is 0 Å². The molecule has 0 saturated heterocycles. The van der Waals surface area contributed by atoms with E-state index in [0.29, 0.717) is 29.1 Å². The number of benzene rings is 2. The van der Waals surface area contributed by atoms with Gasteiger partial charge >= 0.3 is 0 Å². The van der Waals surface area contributed by atoms with E-state index < -0.39 is 0 Å². The maximum atomic E-state index is 9.69. The Labute approximate surface area is 177 Å². The molecule has 0 spiro atoms. The minimum Gasteiger partial charge on any atom is -0.493 e. The molecule has 0 radical (unpaired) electrons. The van der Waals surface area contributed by atoms with Gasteiger partial charge in [-0.15, -0.1) is 0 Å². The van der Waals surface area contributed by atoms with Crippen LogP contribution in [0.5, 0.6) is 11.5 Å². The number of methoxy groups -OCH3 is 2. The van der Waals surface area contributed by atoms with Crippen molar-refractivity contribution < 1.29 is 13.9 Å². The van der Waals surface area contributed by atoms with Crippen LogP contribution in [-0.4, -0.2) is 14.2 Å². The van der Waals surface area contributed by atoms with Crippen LogP contribution in [0, 0.1) is 16.7 Å². The standard InChI is InChI=1S/C25H28N2O3/c1-25(2,3)14-20-13-21-18(12-22(28-4)24(29-5)23(21)30-20)11-17(15-26)16-27-19-9-7-6-8-10-19/h6-10,12-13,16,27H,11,14H2,1-5H3. The molecule has 2 aromatic carbocycles. The average molecular weight is 405 g/mol. The number of furan rings is 1. The molecule has 0 aliphatic rings. The summed E-state index contributed by atoms with van der Waals surface area (Å²) in [4.78, 5) is 0. The first-order valence-electron chi connectivity index (χ1n) is 9.91. The van der Waals surface area contributed by atoms with Crippen molar-refractivity contribution in [3.05, 3.63) is 65.6 Å². The molecule has 0 atom stereocenters. The highest BCUT2D eigenvalue weighted by Gasteiger charge is 2.21. The summed E-state index contributed by atoms with van der Waals surface area (Å²) in [7, 11) is 3.21. The van der Waals surface area contributed by atoms with Crippen molar-refractivity contribution >= 4 is 16.7 Å². The summed E-state index contributed by atoms with van der Waals surface area (Å²) in [5, 5.41) is 13.8. The van der Waals surface area contributed by atoms with Crippen LogP contribution < -0.4 is 14.8 Å². The van der Waals surface area contributed by atoms with Crippen molar-refractivity contribution in [1.29, 1.82) is 5.26 Å². The molecule has 0 unspecified atom stereocenters. The fourth-order valence-corrected chi connectivity index (χ4v) is 3.40. The third-order valence-electron chi connectivity index (χ3n) is 4.70. The lowest BCUT2D eigenvalue weighted by atomic mass is 9.91.